The van der Waals surface area contributed by atoms with Crippen LogP contribution in [0.25, 0.3) is 33.8 Å². The molecular formula is C24H20N4O3S. The van der Waals surface area contributed by atoms with Gasteiger partial charge < -0.3 is 19.1 Å². The zero-order valence-corrected chi connectivity index (χ0v) is 18.1. The second-order valence-corrected chi connectivity index (χ2v) is 8.28. The normalized spacial score (nSPS) is 11.2. The number of aromatic nitrogens is 3. The summed E-state index contributed by atoms with van der Waals surface area (Å²) < 4.78 is 11.1. The maximum atomic E-state index is 12.6. The molecule has 0 bridgehead atoms. The van der Waals surface area contributed by atoms with E-state index < -0.39 is 0 Å². The maximum absolute atomic E-state index is 12.6. The van der Waals surface area contributed by atoms with Gasteiger partial charge in [-0.25, -0.2) is 4.98 Å². The van der Waals surface area contributed by atoms with Gasteiger partial charge in [-0.2, -0.15) is 0 Å². The highest BCUT2D eigenvalue weighted by molar-refractivity contribution is 7.99. The smallest absolute Gasteiger partial charge is 0.225 e. The number of thioether (sulfide) groups is 1. The number of aryl methyl sites for hydroxylation is 1. The van der Waals surface area contributed by atoms with Crippen LogP contribution in [0.1, 0.15) is 12.1 Å². The number of aromatic amines is 1. The fraction of sp³-hybridized carbons (Fsp3) is 0.125. The quantitative estimate of drug-likeness (QED) is 0.303. The van der Waals surface area contributed by atoms with Crippen molar-refractivity contribution in [2.75, 3.05) is 11.1 Å². The van der Waals surface area contributed by atoms with Crippen molar-refractivity contribution in [3.05, 3.63) is 72.8 Å². The Morgan fingerprint density at radius 1 is 1.03 bits per heavy atom. The third kappa shape index (κ3) is 4.17. The highest BCUT2D eigenvalue weighted by Gasteiger charge is 2.18. The molecule has 0 radical (unpaired) electrons. The van der Waals surface area contributed by atoms with E-state index in [0.29, 0.717) is 34.5 Å². The number of hydrogen-bond acceptors (Lipinski definition) is 6. The van der Waals surface area contributed by atoms with Gasteiger partial charge in [0.25, 0.3) is 0 Å². The lowest BCUT2D eigenvalue weighted by molar-refractivity contribution is -0.115. The van der Waals surface area contributed by atoms with Crippen LogP contribution in [-0.4, -0.2) is 26.6 Å². The van der Waals surface area contributed by atoms with Gasteiger partial charge in [-0.1, -0.05) is 30.0 Å². The molecule has 0 aliphatic carbocycles. The molecule has 2 N–H and O–H groups in total. The average Bonchev–Trinajstić information content (AvgIpc) is 3.54. The van der Waals surface area contributed by atoms with Crippen LogP contribution in [0.4, 0.5) is 5.69 Å². The predicted molar refractivity (Wildman–Crippen MR) is 124 cm³/mol. The van der Waals surface area contributed by atoms with Crippen molar-refractivity contribution in [2.45, 2.75) is 18.5 Å². The Morgan fingerprint density at radius 3 is 2.59 bits per heavy atom. The van der Waals surface area contributed by atoms with Crippen LogP contribution < -0.4 is 5.32 Å². The second kappa shape index (κ2) is 8.76. The van der Waals surface area contributed by atoms with Crippen molar-refractivity contribution < 1.29 is 13.6 Å². The molecule has 160 valence electrons. The largest absolute Gasteiger partial charge is 0.463 e. The first kappa shape index (κ1) is 20.1. The van der Waals surface area contributed by atoms with Gasteiger partial charge in [0, 0.05) is 23.3 Å². The minimum Gasteiger partial charge on any atom is -0.463 e. The fourth-order valence-corrected chi connectivity index (χ4v) is 4.29. The number of nitrogens with one attached hydrogen (secondary N) is 2. The van der Waals surface area contributed by atoms with Crippen molar-refractivity contribution in [3.63, 3.8) is 0 Å². The number of H-pyrrole nitrogens is 1. The molecule has 0 saturated carbocycles. The summed E-state index contributed by atoms with van der Waals surface area (Å²) in [6.45, 7) is 1.92. The first-order valence-corrected chi connectivity index (χ1v) is 11.1. The van der Waals surface area contributed by atoms with E-state index in [0.717, 1.165) is 28.0 Å². The summed E-state index contributed by atoms with van der Waals surface area (Å²) >= 11 is 1.47. The van der Waals surface area contributed by atoms with E-state index in [2.05, 4.69) is 20.3 Å². The molecule has 8 heteroatoms. The molecule has 0 aliphatic heterocycles. The molecule has 1 aromatic carbocycles. The first-order valence-electron chi connectivity index (χ1n) is 10.1. The summed E-state index contributed by atoms with van der Waals surface area (Å²) in [5.41, 5.74) is 3.93. The summed E-state index contributed by atoms with van der Waals surface area (Å²) in [7, 11) is 0. The fourth-order valence-electron chi connectivity index (χ4n) is 3.47. The van der Waals surface area contributed by atoms with Gasteiger partial charge in [0.2, 0.25) is 5.91 Å². The number of para-hydroxylation sites is 1. The van der Waals surface area contributed by atoms with Crippen molar-refractivity contribution >= 4 is 34.3 Å². The molecule has 0 spiro atoms. The highest BCUT2D eigenvalue weighted by atomic mass is 32.2. The van der Waals surface area contributed by atoms with Crippen molar-refractivity contribution in [2.24, 2.45) is 0 Å². The molecule has 0 saturated heterocycles. The van der Waals surface area contributed by atoms with Gasteiger partial charge in [-0.15, -0.1) is 0 Å². The zero-order valence-electron chi connectivity index (χ0n) is 17.3. The molecule has 4 heterocycles. The van der Waals surface area contributed by atoms with E-state index in [4.69, 9.17) is 8.83 Å². The number of amides is 1. The molecule has 5 aromatic rings. The number of furan rings is 2. The minimum atomic E-state index is -0.0580. The summed E-state index contributed by atoms with van der Waals surface area (Å²) in [6, 6.07) is 17.0. The molecule has 7 nitrogen and oxygen atoms in total. The third-order valence-corrected chi connectivity index (χ3v) is 5.77. The number of imidazole rings is 1. The lowest BCUT2D eigenvalue weighted by atomic mass is 10.1. The monoisotopic (exact) mass is 444 g/mol. The first-order chi connectivity index (χ1) is 15.7. The van der Waals surface area contributed by atoms with E-state index >= 15 is 0 Å². The maximum Gasteiger partial charge on any atom is 0.225 e. The summed E-state index contributed by atoms with van der Waals surface area (Å²) in [5.74, 6) is 1.83. The van der Waals surface area contributed by atoms with Gasteiger partial charge in [0.1, 0.15) is 11.4 Å². The number of rotatable bonds is 7. The molecule has 5 rings (SSSR count). The second-order valence-electron chi connectivity index (χ2n) is 7.20. The van der Waals surface area contributed by atoms with E-state index in [1.165, 1.54) is 11.8 Å². The van der Waals surface area contributed by atoms with E-state index in [1.807, 2.05) is 61.5 Å². The SMILES string of the molecule is Cc1cc(NC(=O)CCSc2nc(-c3ccco3)c(-c3ccco3)[nH]2)c2ccccc2n1. The number of hydrogen-bond donors (Lipinski definition) is 2. The van der Waals surface area contributed by atoms with Crippen LogP contribution in [0.2, 0.25) is 0 Å². The van der Waals surface area contributed by atoms with Gasteiger partial charge in [-0.05, 0) is 43.3 Å². The Morgan fingerprint density at radius 2 is 1.81 bits per heavy atom. The molecule has 1 amide bonds. The standard InChI is InChI=1S/C24H20N4O3S/c1-15-14-18(16-6-2-3-7-17(16)25-15)26-21(29)10-13-32-24-27-22(19-8-4-11-30-19)23(28-24)20-9-5-12-31-20/h2-9,11-12,14H,10,13H2,1H3,(H,27,28)(H,25,26,29). The molecule has 0 fully saturated rings. The van der Waals surface area contributed by atoms with Crippen LogP contribution in [0.3, 0.4) is 0 Å². The van der Waals surface area contributed by atoms with Crippen LogP contribution in [0, 0.1) is 6.92 Å². The topological polar surface area (TPSA) is 97.0 Å². The average molecular weight is 445 g/mol. The number of benzene rings is 1. The zero-order chi connectivity index (χ0) is 21.9. The number of fused-ring (bicyclic) bond motifs is 1. The van der Waals surface area contributed by atoms with E-state index in [9.17, 15) is 4.79 Å². The van der Waals surface area contributed by atoms with E-state index in [1.54, 1.807) is 12.5 Å². The van der Waals surface area contributed by atoms with Gasteiger partial charge in [-0.3, -0.25) is 9.78 Å². The molecule has 32 heavy (non-hydrogen) atoms. The Labute approximate surface area is 188 Å². The van der Waals surface area contributed by atoms with Crippen LogP contribution >= 0.6 is 11.8 Å². The number of nitrogens with zero attached hydrogens (tertiary/aromatic N) is 2. The minimum absolute atomic E-state index is 0.0580. The van der Waals surface area contributed by atoms with Crippen molar-refractivity contribution in [1.82, 2.24) is 15.0 Å². The van der Waals surface area contributed by atoms with Gasteiger partial charge >= 0.3 is 0 Å². The Balaban J connectivity index is 1.27. The van der Waals surface area contributed by atoms with E-state index in [-0.39, 0.29) is 5.91 Å². The van der Waals surface area contributed by atoms with Crippen molar-refractivity contribution in [1.29, 1.82) is 0 Å². The van der Waals surface area contributed by atoms with Crippen LogP contribution in [-0.2, 0) is 4.79 Å². The number of carbonyl (C=O) groups is 1. The van der Waals surface area contributed by atoms with Crippen molar-refractivity contribution in [3.8, 4) is 22.9 Å². The van der Waals surface area contributed by atoms with Gasteiger partial charge in [0.05, 0.1) is 23.7 Å². The Kier molecular flexibility index (Phi) is 5.51. The Hall–Kier alpha value is -3.78. The summed E-state index contributed by atoms with van der Waals surface area (Å²) in [5, 5.41) is 4.64. The molecular weight excluding hydrogens is 424 g/mol. The molecule has 0 unspecified atom stereocenters. The predicted octanol–water partition coefficient (Wildman–Crippen LogP) is 5.91. The lowest BCUT2D eigenvalue weighted by Crippen LogP contribution is -2.13. The molecule has 0 aliphatic rings. The summed E-state index contributed by atoms with van der Waals surface area (Å²) in [6.07, 6.45) is 3.56. The van der Waals surface area contributed by atoms with Gasteiger partial charge in [0.15, 0.2) is 16.7 Å². The lowest BCUT2D eigenvalue weighted by Gasteiger charge is -2.09. The third-order valence-electron chi connectivity index (χ3n) is 4.89. The number of anilines is 1. The summed E-state index contributed by atoms with van der Waals surface area (Å²) in [4.78, 5) is 25.1. The van der Waals surface area contributed by atoms with Crippen LogP contribution in [0.5, 0.6) is 0 Å². The molecule has 0 atom stereocenters. The number of pyridine rings is 1. The highest BCUT2D eigenvalue weighted by Crippen LogP contribution is 2.33. The number of carbonyl (C=O) groups excluding carboxylic acids is 1. The Bertz CT molecular complexity index is 1310. The van der Waals surface area contributed by atoms with Crippen LogP contribution in [0.15, 0.2) is 81.1 Å². The molecule has 4 aromatic heterocycles.